The minimum Gasteiger partial charge on any atom is -0.309 e. The monoisotopic (exact) mass is 716 g/mol. The van der Waals surface area contributed by atoms with E-state index in [-0.39, 0.29) is 0 Å². The molecule has 0 unspecified atom stereocenters. The van der Waals surface area contributed by atoms with Gasteiger partial charge in [-0.15, -0.1) is 0 Å². The third-order valence-electron chi connectivity index (χ3n) is 11.2. The lowest BCUT2D eigenvalue weighted by Gasteiger charge is -2.11. The van der Waals surface area contributed by atoms with Crippen molar-refractivity contribution in [2.24, 2.45) is 0 Å². The predicted octanol–water partition coefficient (Wildman–Crippen LogP) is 13.4. The lowest BCUT2D eigenvalue weighted by atomic mass is 10.0. The lowest BCUT2D eigenvalue weighted by Crippen LogP contribution is -1.97. The van der Waals surface area contributed by atoms with Gasteiger partial charge in [0, 0.05) is 49.4 Å². The Hall–Kier alpha value is -7.30. The molecule has 0 atom stereocenters. The number of nitrogens with zero attached hydrogens (tertiary/aromatic N) is 4. The van der Waals surface area contributed by atoms with Crippen molar-refractivity contribution in [1.82, 2.24) is 19.1 Å². The molecule has 0 aliphatic carbocycles. The molecule has 264 valence electrons. The van der Waals surface area contributed by atoms with Crippen molar-refractivity contribution in [3.63, 3.8) is 0 Å². The third kappa shape index (κ3) is 5.14. The topological polar surface area (TPSA) is 35.6 Å². The van der Waals surface area contributed by atoms with Gasteiger partial charge in [0.05, 0.1) is 33.3 Å². The van der Waals surface area contributed by atoms with Gasteiger partial charge < -0.3 is 9.13 Å². The Morgan fingerprint density at radius 1 is 0.339 bits per heavy atom. The van der Waals surface area contributed by atoms with Crippen LogP contribution in [0.3, 0.4) is 0 Å². The summed E-state index contributed by atoms with van der Waals surface area (Å²) in [6, 6.07) is 65.4. The van der Waals surface area contributed by atoms with Crippen molar-refractivity contribution < 1.29 is 0 Å². The maximum Gasteiger partial charge on any atom is 0.160 e. The second-order valence-corrected chi connectivity index (χ2v) is 14.8. The number of para-hydroxylation sites is 3. The molecule has 0 aliphatic heterocycles. The van der Waals surface area contributed by atoms with Crippen molar-refractivity contribution in [2.45, 2.75) is 13.8 Å². The number of rotatable bonds is 5. The molecular formula is C52H36N4. The van der Waals surface area contributed by atoms with Crippen LogP contribution in [-0.2, 0) is 0 Å². The minimum atomic E-state index is 0.718. The molecule has 0 radical (unpaired) electrons. The number of hydrogen-bond acceptors (Lipinski definition) is 2. The Bertz CT molecular complexity index is 3290. The van der Waals surface area contributed by atoms with Crippen molar-refractivity contribution in [2.75, 3.05) is 0 Å². The molecule has 0 amide bonds. The standard InChI is InChI=1S/C52H36N4/c1-33-28-34(2)30-40(29-33)56-48-19-11-8-15-42(48)45-32-38(23-27-50(45)56)37-22-26-49-44(31-37)41-14-7-10-18-47(41)55(49)39-24-20-36(21-25-39)52-53-46-17-9-6-16-43(46)51(54-52)35-12-4-3-5-13-35/h3-32H,1-2H3. The minimum absolute atomic E-state index is 0.718. The second kappa shape index (κ2) is 12.6. The molecule has 0 saturated carbocycles. The average molecular weight is 717 g/mol. The first-order valence-corrected chi connectivity index (χ1v) is 19.2. The Morgan fingerprint density at radius 2 is 0.839 bits per heavy atom. The summed E-state index contributed by atoms with van der Waals surface area (Å²) in [7, 11) is 0. The predicted molar refractivity (Wildman–Crippen MR) is 234 cm³/mol. The van der Waals surface area contributed by atoms with E-state index in [0.717, 1.165) is 39.2 Å². The maximum atomic E-state index is 5.11. The first-order chi connectivity index (χ1) is 27.6. The van der Waals surface area contributed by atoms with Gasteiger partial charge in [-0.05, 0) is 115 Å². The van der Waals surface area contributed by atoms with Gasteiger partial charge in [0.15, 0.2) is 5.82 Å². The summed E-state index contributed by atoms with van der Waals surface area (Å²) in [5.41, 5.74) is 15.9. The molecule has 0 saturated heterocycles. The van der Waals surface area contributed by atoms with Crippen LogP contribution < -0.4 is 0 Å². The summed E-state index contributed by atoms with van der Waals surface area (Å²) in [5, 5.41) is 6.02. The highest BCUT2D eigenvalue weighted by molar-refractivity contribution is 6.12. The van der Waals surface area contributed by atoms with Gasteiger partial charge >= 0.3 is 0 Å². The van der Waals surface area contributed by atoms with Crippen LogP contribution in [0, 0.1) is 13.8 Å². The fourth-order valence-electron chi connectivity index (χ4n) is 8.72. The largest absolute Gasteiger partial charge is 0.309 e. The summed E-state index contributed by atoms with van der Waals surface area (Å²) < 4.78 is 4.78. The molecule has 0 bridgehead atoms. The smallest absolute Gasteiger partial charge is 0.160 e. The molecule has 0 N–H and O–H groups in total. The Morgan fingerprint density at radius 3 is 1.46 bits per heavy atom. The van der Waals surface area contributed by atoms with Crippen LogP contribution in [0.25, 0.3) is 99.7 Å². The van der Waals surface area contributed by atoms with Crippen LogP contribution >= 0.6 is 0 Å². The van der Waals surface area contributed by atoms with Crippen LogP contribution in [0.5, 0.6) is 0 Å². The van der Waals surface area contributed by atoms with Crippen molar-refractivity contribution >= 4 is 54.5 Å². The summed E-state index contributed by atoms with van der Waals surface area (Å²) in [4.78, 5) is 10.1. The second-order valence-electron chi connectivity index (χ2n) is 14.8. The Kier molecular flexibility index (Phi) is 7.26. The zero-order valence-electron chi connectivity index (χ0n) is 31.1. The number of aryl methyl sites for hydroxylation is 2. The van der Waals surface area contributed by atoms with Gasteiger partial charge in [-0.2, -0.15) is 0 Å². The fraction of sp³-hybridized carbons (Fsp3) is 0.0385. The van der Waals surface area contributed by atoms with E-state index >= 15 is 0 Å². The molecule has 4 heteroatoms. The van der Waals surface area contributed by atoms with Crippen molar-refractivity contribution in [1.29, 1.82) is 0 Å². The van der Waals surface area contributed by atoms with E-state index in [4.69, 9.17) is 9.97 Å². The van der Waals surface area contributed by atoms with Crippen LogP contribution in [0.2, 0.25) is 0 Å². The van der Waals surface area contributed by atoms with Gasteiger partial charge in [-0.25, -0.2) is 9.97 Å². The Balaban J connectivity index is 1.01. The lowest BCUT2D eigenvalue weighted by molar-refractivity contribution is 1.16. The molecule has 8 aromatic carbocycles. The van der Waals surface area contributed by atoms with Gasteiger partial charge in [-0.1, -0.05) is 103 Å². The van der Waals surface area contributed by atoms with E-state index in [1.165, 1.54) is 71.6 Å². The zero-order chi connectivity index (χ0) is 37.3. The van der Waals surface area contributed by atoms with Crippen LogP contribution in [-0.4, -0.2) is 19.1 Å². The summed E-state index contributed by atoms with van der Waals surface area (Å²) in [6.45, 7) is 4.35. The number of benzene rings is 8. The maximum absolute atomic E-state index is 5.11. The van der Waals surface area contributed by atoms with E-state index in [1.54, 1.807) is 0 Å². The van der Waals surface area contributed by atoms with Crippen LogP contribution in [0.4, 0.5) is 0 Å². The molecule has 3 aromatic heterocycles. The molecule has 0 aliphatic rings. The van der Waals surface area contributed by atoms with Crippen LogP contribution in [0.15, 0.2) is 182 Å². The van der Waals surface area contributed by atoms with Gasteiger partial charge in [0.25, 0.3) is 0 Å². The van der Waals surface area contributed by atoms with Crippen molar-refractivity contribution in [3.05, 3.63) is 193 Å². The number of fused-ring (bicyclic) bond motifs is 7. The molecule has 0 spiro atoms. The molecule has 4 nitrogen and oxygen atoms in total. The van der Waals surface area contributed by atoms with E-state index in [2.05, 4.69) is 187 Å². The van der Waals surface area contributed by atoms with Crippen LogP contribution in [0.1, 0.15) is 11.1 Å². The average Bonchev–Trinajstić information content (AvgIpc) is 3.75. The third-order valence-corrected chi connectivity index (χ3v) is 11.2. The highest BCUT2D eigenvalue weighted by atomic mass is 15.0. The first kappa shape index (κ1) is 32.2. The quantitative estimate of drug-likeness (QED) is 0.178. The van der Waals surface area contributed by atoms with E-state index in [0.29, 0.717) is 0 Å². The number of hydrogen-bond donors (Lipinski definition) is 0. The summed E-state index contributed by atoms with van der Waals surface area (Å²) >= 11 is 0. The zero-order valence-corrected chi connectivity index (χ0v) is 31.1. The number of aromatic nitrogens is 4. The van der Waals surface area contributed by atoms with E-state index in [1.807, 2.05) is 18.2 Å². The molecular weight excluding hydrogens is 681 g/mol. The Labute approximate surface area is 324 Å². The summed E-state index contributed by atoms with van der Waals surface area (Å²) in [5.74, 6) is 0.718. The highest BCUT2D eigenvalue weighted by Crippen LogP contribution is 2.39. The molecule has 0 fully saturated rings. The SMILES string of the molecule is Cc1cc(C)cc(-n2c3ccccc3c3cc(-c4ccc5c(c4)c4ccccc4n5-c4ccc(-c5nc(-c6ccccc6)c6ccccc6n5)cc4)ccc32)c1. The highest BCUT2D eigenvalue weighted by Gasteiger charge is 2.17. The van der Waals surface area contributed by atoms with E-state index in [9.17, 15) is 0 Å². The van der Waals surface area contributed by atoms with Gasteiger partial charge in [0.2, 0.25) is 0 Å². The normalized spacial score (nSPS) is 11.8. The summed E-state index contributed by atoms with van der Waals surface area (Å²) in [6.07, 6.45) is 0. The molecule has 11 rings (SSSR count). The molecule has 3 heterocycles. The van der Waals surface area contributed by atoms with Gasteiger partial charge in [-0.3, -0.25) is 0 Å². The van der Waals surface area contributed by atoms with Crippen molar-refractivity contribution in [3.8, 4) is 45.1 Å². The van der Waals surface area contributed by atoms with Gasteiger partial charge in [0.1, 0.15) is 0 Å². The van der Waals surface area contributed by atoms with E-state index < -0.39 is 0 Å². The molecule has 11 aromatic rings. The molecule has 56 heavy (non-hydrogen) atoms. The fourth-order valence-corrected chi connectivity index (χ4v) is 8.72. The first-order valence-electron chi connectivity index (χ1n) is 19.2.